The third-order valence-corrected chi connectivity index (χ3v) is 6.39. The van der Waals surface area contributed by atoms with E-state index >= 15 is 0 Å². The molecule has 6 heteroatoms. The summed E-state index contributed by atoms with van der Waals surface area (Å²) < 4.78 is 6.08. The van der Waals surface area contributed by atoms with Crippen LogP contribution in [-0.2, 0) is 22.6 Å². The van der Waals surface area contributed by atoms with E-state index in [1.165, 1.54) is 0 Å². The molecule has 2 amide bonds. The number of ether oxygens (including phenoxy) is 1. The fourth-order valence-electron chi connectivity index (χ4n) is 4.41. The SMILES string of the molecule is CC1CC1C(=O)NC(Cc1ccccc1)C(=O)N1Cc2ccccc2OCC1CN(C)C. The minimum atomic E-state index is -0.604. The van der Waals surface area contributed by atoms with Crippen molar-refractivity contribution in [1.29, 1.82) is 0 Å². The zero-order valence-corrected chi connectivity index (χ0v) is 19.2. The Hall–Kier alpha value is -2.86. The summed E-state index contributed by atoms with van der Waals surface area (Å²) in [5.74, 6) is 1.17. The molecule has 1 saturated carbocycles. The first kappa shape index (κ1) is 22.3. The quantitative estimate of drug-likeness (QED) is 0.727. The van der Waals surface area contributed by atoms with Crippen molar-refractivity contribution in [2.45, 2.75) is 38.4 Å². The molecule has 0 spiro atoms. The zero-order chi connectivity index (χ0) is 22.7. The smallest absolute Gasteiger partial charge is 0.246 e. The maximum atomic E-state index is 14.0. The maximum Gasteiger partial charge on any atom is 0.246 e. The predicted octanol–water partition coefficient (Wildman–Crippen LogP) is 2.72. The number of benzene rings is 2. The number of para-hydroxylation sites is 1. The number of carbonyl (C=O) groups is 2. The minimum absolute atomic E-state index is 0.0117. The lowest BCUT2D eigenvalue weighted by Gasteiger charge is -2.34. The summed E-state index contributed by atoms with van der Waals surface area (Å²) in [6, 6.07) is 17.1. The number of carbonyl (C=O) groups excluding carboxylic acids is 2. The standard InChI is InChI=1S/C26H33N3O3/c1-18-13-22(18)25(30)27-23(14-19-9-5-4-6-10-19)26(31)29-15-20-11-7-8-12-24(20)32-17-21(29)16-28(2)3/h4-12,18,21-23H,13-17H2,1-3H3,(H,27,30). The van der Waals surface area contributed by atoms with E-state index in [1.54, 1.807) is 0 Å². The molecule has 1 N–H and O–H groups in total. The molecular weight excluding hydrogens is 402 g/mol. The topological polar surface area (TPSA) is 61.9 Å². The van der Waals surface area contributed by atoms with Crippen molar-refractivity contribution in [3.05, 3.63) is 65.7 Å². The number of likely N-dealkylation sites (N-methyl/N-ethyl adjacent to an activating group) is 1. The van der Waals surface area contributed by atoms with Crippen molar-refractivity contribution < 1.29 is 14.3 Å². The lowest BCUT2D eigenvalue weighted by atomic mass is 10.0. The summed E-state index contributed by atoms with van der Waals surface area (Å²) in [6.45, 7) is 3.65. The van der Waals surface area contributed by atoms with Crippen molar-refractivity contribution in [1.82, 2.24) is 15.1 Å². The van der Waals surface area contributed by atoms with E-state index in [9.17, 15) is 9.59 Å². The Morgan fingerprint density at radius 3 is 2.50 bits per heavy atom. The average molecular weight is 436 g/mol. The van der Waals surface area contributed by atoms with Crippen LogP contribution in [0.1, 0.15) is 24.5 Å². The largest absolute Gasteiger partial charge is 0.491 e. The highest BCUT2D eigenvalue weighted by molar-refractivity contribution is 5.90. The van der Waals surface area contributed by atoms with E-state index in [0.29, 0.717) is 32.0 Å². The van der Waals surface area contributed by atoms with E-state index in [4.69, 9.17) is 4.74 Å². The number of rotatable bonds is 7. The van der Waals surface area contributed by atoms with Crippen LogP contribution < -0.4 is 10.1 Å². The summed E-state index contributed by atoms with van der Waals surface area (Å²) >= 11 is 0. The molecule has 2 aliphatic rings. The van der Waals surface area contributed by atoms with Crippen LogP contribution in [0, 0.1) is 11.8 Å². The Morgan fingerprint density at radius 1 is 1.12 bits per heavy atom. The van der Waals surface area contributed by atoms with Crippen molar-refractivity contribution in [3.63, 3.8) is 0 Å². The zero-order valence-electron chi connectivity index (χ0n) is 19.2. The average Bonchev–Trinajstić information content (AvgIpc) is 3.54. The molecule has 1 aliphatic carbocycles. The Morgan fingerprint density at radius 2 is 1.81 bits per heavy atom. The molecule has 4 unspecified atom stereocenters. The van der Waals surface area contributed by atoms with Crippen LogP contribution in [0.3, 0.4) is 0 Å². The van der Waals surface area contributed by atoms with Crippen LogP contribution >= 0.6 is 0 Å². The van der Waals surface area contributed by atoms with Crippen molar-refractivity contribution in [2.75, 3.05) is 27.2 Å². The maximum absolute atomic E-state index is 14.0. The molecule has 1 heterocycles. The molecule has 1 aliphatic heterocycles. The van der Waals surface area contributed by atoms with Gasteiger partial charge in [-0.1, -0.05) is 55.5 Å². The lowest BCUT2D eigenvalue weighted by Crippen LogP contribution is -2.55. The molecular formula is C26H33N3O3. The first-order valence-electron chi connectivity index (χ1n) is 11.4. The van der Waals surface area contributed by atoms with Gasteiger partial charge >= 0.3 is 0 Å². The predicted molar refractivity (Wildman–Crippen MR) is 124 cm³/mol. The van der Waals surface area contributed by atoms with Crippen LogP contribution in [0.5, 0.6) is 5.75 Å². The van der Waals surface area contributed by atoms with Gasteiger partial charge in [-0.3, -0.25) is 9.59 Å². The number of amides is 2. The van der Waals surface area contributed by atoms with E-state index < -0.39 is 6.04 Å². The van der Waals surface area contributed by atoms with Gasteiger partial charge in [-0.2, -0.15) is 0 Å². The fourth-order valence-corrected chi connectivity index (χ4v) is 4.41. The van der Waals surface area contributed by atoms with Crippen LogP contribution in [0.4, 0.5) is 0 Å². The second-order valence-electron chi connectivity index (χ2n) is 9.37. The minimum Gasteiger partial charge on any atom is -0.491 e. The molecule has 0 bridgehead atoms. The van der Waals surface area contributed by atoms with Crippen molar-refractivity contribution >= 4 is 11.8 Å². The highest BCUT2D eigenvalue weighted by atomic mass is 16.5. The molecule has 0 radical (unpaired) electrons. The third kappa shape index (κ3) is 5.30. The van der Waals surface area contributed by atoms with Crippen molar-refractivity contribution in [2.24, 2.45) is 11.8 Å². The van der Waals surface area contributed by atoms with Gasteiger partial charge in [0.05, 0.1) is 6.04 Å². The Balaban J connectivity index is 1.61. The van der Waals surface area contributed by atoms with Crippen LogP contribution in [-0.4, -0.2) is 60.9 Å². The molecule has 0 saturated heterocycles. The second kappa shape index (κ2) is 9.74. The summed E-state index contributed by atoms with van der Waals surface area (Å²) in [7, 11) is 4.00. The monoisotopic (exact) mass is 435 g/mol. The van der Waals surface area contributed by atoms with Gasteiger partial charge in [0.2, 0.25) is 11.8 Å². The first-order chi connectivity index (χ1) is 15.4. The molecule has 1 fully saturated rings. The summed E-state index contributed by atoms with van der Waals surface area (Å²) in [4.78, 5) is 30.7. The molecule has 2 aromatic rings. The van der Waals surface area contributed by atoms with Gasteiger partial charge in [0, 0.05) is 31.0 Å². The van der Waals surface area contributed by atoms with E-state index in [2.05, 4.69) is 17.1 Å². The van der Waals surface area contributed by atoms with Crippen LogP contribution in [0.2, 0.25) is 0 Å². The Kier molecular flexibility index (Phi) is 6.80. The van der Waals surface area contributed by atoms with Gasteiger partial charge in [0.15, 0.2) is 0 Å². The van der Waals surface area contributed by atoms with Gasteiger partial charge in [0.1, 0.15) is 18.4 Å². The summed E-state index contributed by atoms with van der Waals surface area (Å²) in [5, 5.41) is 3.09. The van der Waals surface area contributed by atoms with Gasteiger partial charge in [-0.05, 0) is 38.1 Å². The molecule has 4 atom stereocenters. The summed E-state index contributed by atoms with van der Waals surface area (Å²) in [6.07, 6.45) is 1.37. The third-order valence-electron chi connectivity index (χ3n) is 6.39. The molecule has 0 aromatic heterocycles. The number of hydrogen-bond donors (Lipinski definition) is 1. The number of fused-ring (bicyclic) bond motifs is 1. The van der Waals surface area contributed by atoms with Gasteiger partial charge in [0.25, 0.3) is 0 Å². The van der Waals surface area contributed by atoms with Gasteiger partial charge < -0.3 is 19.9 Å². The van der Waals surface area contributed by atoms with E-state index in [0.717, 1.165) is 23.3 Å². The number of nitrogens with zero attached hydrogens (tertiary/aromatic N) is 2. The lowest BCUT2D eigenvalue weighted by molar-refractivity contribution is -0.140. The normalized spacial score (nSPS) is 23.0. The molecule has 6 nitrogen and oxygen atoms in total. The molecule has 32 heavy (non-hydrogen) atoms. The number of hydrogen-bond acceptors (Lipinski definition) is 4. The Bertz CT molecular complexity index is 946. The fraction of sp³-hybridized carbons (Fsp3) is 0.462. The Labute approximate surface area is 190 Å². The van der Waals surface area contributed by atoms with E-state index in [1.807, 2.05) is 73.6 Å². The highest BCUT2D eigenvalue weighted by Gasteiger charge is 2.41. The van der Waals surface area contributed by atoms with Crippen LogP contribution in [0.15, 0.2) is 54.6 Å². The second-order valence-corrected chi connectivity index (χ2v) is 9.37. The highest BCUT2D eigenvalue weighted by Crippen LogP contribution is 2.38. The number of nitrogens with one attached hydrogen (secondary N) is 1. The van der Waals surface area contributed by atoms with Gasteiger partial charge in [-0.25, -0.2) is 0 Å². The van der Waals surface area contributed by atoms with Crippen LogP contribution in [0.25, 0.3) is 0 Å². The molecule has 170 valence electrons. The summed E-state index contributed by atoms with van der Waals surface area (Å²) in [5.41, 5.74) is 2.02. The van der Waals surface area contributed by atoms with Gasteiger partial charge in [-0.15, -0.1) is 0 Å². The van der Waals surface area contributed by atoms with E-state index in [-0.39, 0.29) is 23.8 Å². The van der Waals surface area contributed by atoms with Crippen molar-refractivity contribution in [3.8, 4) is 5.75 Å². The molecule has 4 rings (SSSR count). The first-order valence-corrected chi connectivity index (χ1v) is 11.4. The molecule has 2 aromatic carbocycles.